The molecule has 1 aliphatic rings. The van der Waals surface area contributed by atoms with E-state index in [1.54, 1.807) is 12.3 Å². The van der Waals surface area contributed by atoms with Crippen molar-refractivity contribution in [3.63, 3.8) is 0 Å². The van der Waals surface area contributed by atoms with E-state index in [-0.39, 0.29) is 24.1 Å². The Morgan fingerprint density at radius 1 is 1.29 bits per heavy atom. The molecule has 1 N–H and O–H groups in total. The van der Waals surface area contributed by atoms with Gasteiger partial charge in [-0.1, -0.05) is 12.1 Å². The molecule has 0 radical (unpaired) electrons. The number of para-hydroxylation sites is 2. The molecule has 122 valence electrons. The molecule has 0 aliphatic carbocycles. The number of carbonyl (C=O) groups excluding carboxylic acids is 1. The van der Waals surface area contributed by atoms with Gasteiger partial charge in [0, 0.05) is 31.4 Å². The summed E-state index contributed by atoms with van der Waals surface area (Å²) >= 11 is 0. The first-order valence-electron chi connectivity index (χ1n) is 7.94. The molecule has 0 spiro atoms. The maximum atomic E-state index is 12.4. The van der Waals surface area contributed by atoms with Crippen molar-refractivity contribution < 1.29 is 4.79 Å². The summed E-state index contributed by atoms with van der Waals surface area (Å²) in [4.78, 5) is 32.9. The average Bonchev–Trinajstić information content (AvgIpc) is 3.05. The van der Waals surface area contributed by atoms with Crippen molar-refractivity contribution in [1.29, 1.82) is 0 Å². The normalized spacial score (nSPS) is 16.8. The van der Waals surface area contributed by atoms with Gasteiger partial charge in [-0.15, -0.1) is 0 Å². The van der Waals surface area contributed by atoms with Gasteiger partial charge in [-0.05, 0) is 18.6 Å². The quantitative estimate of drug-likeness (QED) is 0.770. The van der Waals surface area contributed by atoms with Crippen LogP contribution < -0.4 is 10.9 Å². The van der Waals surface area contributed by atoms with E-state index in [1.807, 2.05) is 24.4 Å². The van der Waals surface area contributed by atoms with Crippen LogP contribution in [0.4, 0.5) is 0 Å². The van der Waals surface area contributed by atoms with Crippen molar-refractivity contribution in [1.82, 2.24) is 24.4 Å². The molecule has 0 unspecified atom stereocenters. The lowest BCUT2D eigenvalue weighted by atomic mass is 10.1. The van der Waals surface area contributed by atoms with Crippen molar-refractivity contribution in [3.8, 4) is 0 Å². The monoisotopic (exact) mass is 323 g/mol. The number of nitrogens with zero attached hydrogens (tertiary/aromatic N) is 4. The summed E-state index contributed by atoms with van der Waals surface area (Å²) in [7, 11) is 0. The zero-order valence-electron chi connectivity index (χ0n) is 13.1. The fourth-order valence-corrected chi connectivity index (χ4v) is 3.18. The van der Waals surface area contributed by atoms with Crippen LogP contribution in [0.1, 0.15) is 12.2 Å². The fraction of sp³-hybridized carbons (Fsp3) is 0.294. The molecule has 0 bridgehead atoms. The summed E-state index contributed by atoms with van der Waals surface area (Å²) in [6.45, 7) is 0.711. The van der Waals surface area contributed by atoms with Gasteiger partial charge < -0.3 is 9.88 Å². The molecule has 3 heterocycles. The Bertz CT molecular complexity index is 959. The van der Waals surface area contributed by atoms with Crippen LogP contribution in [0.5, 0.6) is 0 Å². The van der Waals surface area contributed by atoms with Crippen LogP contribution in [-0.4, -0.2) is 31.1 Å². The van der Waals surface area contributed by atoms with E-state index < -0.39 is 0 Å². The first-order valence-corrected chi connectivity index (χ1v) is 7.94. The Morgan fingerprint density at radius 2 is 2.17 bits per heavy atom. The number of nitrogens with one attached hydrogen (secondary N) is 1. The van der Waals surface area contributed by atoms with Crippen LogP contribution in [0.15, 0.2) is 47.7 Å². The number of aryl methyl sites for hydroxylation is 1. The third kappa shape index (κ3) is 2.68. The van der Waals surface area contributed by atoms with Crippen LogP contribution in [0.3, 0.4) is 0 Å². The molecule has 0 saturated carbocycles. The predicted octanol–water partition coefficient (Wildman–Crippen LogP) is 0.724. The van der Waals surface area contributed by atoms with Gasteiger partial charge in [-0.2, -0.15) is 0 Å². The van der Waals surface area contributed by atoms with Crippen LogP contribution in [0, 0.1) is 0 Å². The highest BCUT2D eigenvalue weighted by Crippen LogP contribution is 2.13. The molecule has 1 aliphatic heterocycles. The molecule has 0 fully saturated rings. The van der Waals surface area contributed by atoms with Crippen molar-refractivity contribution in [2.75, 3.05) is 0 Å². The summed E-state index contributed by atoms with van der Waals surface area (Å²) < 4.78 is 3.52. The summed E-state index contributed by atoms with van der Waals surface area (Å²) in [5.41, 5.74) is 1.09. The number of hydrogen-bond donors (Lipinski definition) is 1. The summed E-state index contributed by atoms with van der Waals surface area (Å²) in [5.74, 6) is 0.888. The fourth-order valence-electron chi connectivity index (χ4n) is 3.18. The molecule has 7 heteroatoms. The zero-order valence-corrected chi connectivity index (χ0v) is 13.1. The van der Waals surface area contributed by atoms with E-state index in [0.29, 0.717) is 17.6 Å². The van der Waals surface area contributed by atoms with Gasteiger partial charge in [0.05, 0.1) is 17.2 Å². The first kappa shape index (κ1) is 14.6. The van der Waals surface area contributed by atoms with Gasteiger partial charge in [0.1, 0.15) is 12.4 Å². The van der Waals surface area contributed by atoms with E-state index in [1.165, 1.54) is 10.8 Å². The van der Waals surface area contributed by atoms with Gasteiger partial charge in [-0.3, -0.25) is 14.2 Å². The van der Waals surface area contributed by atoms with E-state index in [2.05, 4.69) is 19.9 Å². The molecule has 1 aromatic carbocycles. The second kappa shape index (κ2) is 5.92. The number of hydrogen-bond acceptors (Lipinski definition) is 4. The molecular weight excluding hydrogens is 306 g/mol. The highest BCUT2D eigenvalue weighted by molar-refractivity contribution is 5.80. The van der Waals surface area contributed by atoms with Gasteiger partial charge in [-0.25, -0.2) is 9.97 Å². The second-order valence-corrected chi connectivity index (χ2v) is 5.97. The number of amides is 1. The maximum absolute atomic E-state index is 12.4. The molecule has 24 heavy (non-hydrogen) atoms. The van der Waals surface area contributed by atoms with Crippen LogP contribution in [0.25, 0.3) is 11.0 Å². The summed E-state index contributed by atoms with van der Waals surface area (Å²) in [6, 6.07) is 7.37. The van der Waals surface area contributed by atoms with Crippen LogP contribution in [-0.2, 0) is 24.3 Å². The molecule has 1 amide bonds. The van der Waals surface area contributed by atoms with Crippen molar-refractivity contribution in [2.45, 2.75) is 32.0 Å². The lowest BCUT2D eigenvalue weighted by Gasteiger charge is -2.25. The van der Waals surface area contributed by atoms with Crippen LogP contribution >= 0.6 is 0 Å². The Balaban J connectivity index is 1.51. The Labute approximate surface area is 138 Å². The molecule has 7 nitrogen and oxygen atoms in total. The maximum Gasteiger partial charge on any atom is 0.269 e. The lowest BCUT2D eigenvalue weighted by molar-refractivity contribution is -0.122. The lowest BCUT2D eigenvalue weighted by Crippen LogP contribution is -2.43. The molecule has 0 saturated heterocycles. The Kier molecular flexibility index (Phi) is 3.60. The topological polar surface area (TPSA) is 81.8 Å². The predicted molar refractivity (Wildman–Crippen MR) is 88.5 cm³/mol. The van der Waals surface area contributed by atoms with Crippen molar-refractivity contribution >= 4 is 16.9 Å². The van der Waals surface area contributed by atoms with E-state index in [0.717, 1.165) is 18.7 Å². The number of aromatic nitrogens is 4. The highest BCUT2D eigenvalue weighted by Gasteiger charge is 2.20. The largest absolute Gasteiger partial charge is 0.350 e. The van der Waals surface area contributed by atoms with E-state index >= 15 is 0 Å². The average molecular weight is 323 g/mol. The highest BCUT2D eigenvalue weighted by atomic mass is 16.2. The van der Waals surface area contributed by atoms with E-state index in [4.69, 9.17) is 0 Å². The molecular formula is C17H17N5O2. The number of rotatable bonds is 3. The van der Waals surface area contributed by atoms with Crippen molar-refractivity contribution in [2.24, 2.45) is 0 Å². The second-order valence-electron chi connectivity index (χ2n) is 5.97. The SMILES string of the molecule is O=C(Cn1c(=O)cnc2ccccc21)N[C@H]1CCc2nccn2C1. The summed E-state index contributed by atoms with van der Waals surface area (Å²) in [6.07, 6.45) is 6.66. The smallest absolute Gasteiger partial charge is 0.269 e. The standard InChI is InChI=1S/C17H17N5O2/c23-16(20-12-5-6-15-18-7-8-21(15)10-12)11-22-14-4-2-1-3-13(14)19-9-17(22)24/h1-4,7-9,12H,5-6,10-11H2,(H,20,23)/t12-/m0/s1. The van der Waals surface area contributed by atoms with Gasteiger partial charge in [0.2, 0.25) is 5.91 Å². The van der Waals surface area contributed by atoms with Gasteiger partial charge in [0.25, 0.3) is 5.56 Å². The minimum atomic E-state index is -0.274. The Hall–Kier alpha value is -2.96. The first-order chi connectivity index (χ1) is 11.7. The molecule has 1 atom stereocenters. The number of imidazole rings is 1. The third-order valence-electron chi connectivity index (χ3n) is 4.35. The van der Waals surface area contributed by atoms with Crippen LogP contribution in [0.2, 0.25) is 0 Å². The third-order valence-corrected chi connectivity index (χ3v) is 4.35. The Morgan fingerprint density at radius 3 is 3.08 bits per heavy atom. The van der Waals surface area contributed by atoms with E-state index in [9.17, 15) is 9.59 Å². The van der Waals surface area contributed by atoms with Gasteiger partial charge >= 0.3 is 0 Å². The zero-order chi connectivity index (χ0) is 16.5. The molecule has 4 rings (SSSR count). The number of fused-ring (bicyclic) bond motifs is 2. The van der Waals surface area contributed by atoms with Crippen molar-refractivity contribution in [3.05, 3.63) is 59.0 Å². The number of benzene rings is 1. The minimum Gasteiger partial charge on any atom is -0.350 e. The van der Waals surface area contributed by atoms with Gasteiger partial charge in [0.15, 0.2) is 0 Å². The summed E-state index contributed by atoms with van der Waals surface area (Å²) in [5, 5.41) is 3.02. The minimum absolute atomic E-state index is 0.00481. The molecule has 2 aromatic heterocycles. The molecule has 3 aromatic rings. The number of carbonyl (C=O) groups is 1.